The number of nitrogens with one attached hydrogen (secondary N) is 2. The van der Waals surface area contributed by atoms with Gasteiger partial charge in [-0.1, -0.05) is 18.2 Å². The Morgan fingerprint density at radius 2 is 1.96 bits per heavy atom. The second-order valence-electron chi connectivity index (χ2n) is 6.79. The Morgan fingerprint density at radius 3 is 2.58 bits per heavy atom. The van der Waals surface area contributed by atoms with Gasteiger partial charge in [0.15, 0.2) is 6.10 Å². The monoisotopic (exact) mass is 359 g/mol. The van der Waals surface area contributed by atoms with Crippen molar-refractivity contribution < 1.29 is 23.9 Å². The molecule has 2 aliphatic rings. The van der Waals surface area contributed by atoms with E-state index in [1.54, 1.807) is 31.2 Å². The van der Waals surface area contributed by atoms with Gasteiger partial charge in [0, 0.05) is 5.69 Å². The van der Waals surface area contributed by atoms with Crippen LogP contribution in [0.25, 0.3) is 0 Å². The minimum atomic E-state index is -1.06. The molecule has 0 aromatic heterocycles. The SMILES string of the molecule is C[C@@H](OC(=O)CN1C(=O)N[C@](C)(C2CC2)C1=O)C(=O)Nc1ccccc1. The number of hydrogen-bond donors (Lipinski definition) is 2. The zero-order chi connectivity index (χ0) is 18.9. The Morgan fingerprint density at radius 1 is 1.31 bits per heavy atom. The van der Waals surface area contributed by atoms with Crippen molar-refractivity contribution >= 4 is 29.5 Å². The van der Waals surface area contributed by atoms with Crippen LogP contribution in [0, 0.1) is 5.92 Å². The fourth-order valence-electron chi connectivity index (χ4n) is 2.98. The van der Waals surface area contributed by atoms with Crippen LogP contribution in [0.3, 0.4) is 0 Å². The summed E-state index contributed by atoms with van der Waals surface area (Å²) in [6, 6.07) is 8.15. The third kappa shape index (κ3) is 3.54. The first-order chi connectivity index (χ1) is 12.3. The summed E-state index contributed by atoms with van der Waals surface area (Å²) < 4.78 is 5.06. The Hall–Kier alpha value is -2.90. The molecule has 1 aliphatic carbocycles. The molecule has 0 bridgehead atoms. The maximum atomic E-state index is 12.5. The molecule has 8 nitrogen and oxygen atoms in total. The van der Waals surface area contributed by atoms with E-state index in [0.717, 1.165) is 17.7 Å². The molecular formula is C18H21N3O5. The van der Waals surface area contributed by atoms with Crippen molar-refractivity contribution in [1.82, 2.24) is 10.2 Å². The van der Waals surface area contributed by atoms with Crippen molar-refractivity contribution in [3.05, 3.63) is 30.3 Å². The molecule has 0 spiro atoms. The third-order valence-electron chi connectivity index (χ3n) is 4.70. The number of ether oxygens (including phenoxy) is 1. The second-order valence-corrected chi connectivity index (χ2v) is 6.79. The van der Waals surface area contributed by atoms with Crippen LogP contribution in [-0.4, -0.2) is 46.9 Å². The first kappa shape index (κ1) is 17.9. The molecule has 3 rings (SSSR count). The Kier molecular flexibility index (Phi) is 4.67. The molecule has 0 radical (unpaired) electrons. The molecule has 4 amide bonds. The summed E-state index contributed by atoms with van der Waals surface area (Å²) in [5.41, 5.74) is -0.372. The second kappa shape index (κ2) is 6.78. The molecule has 2 atom stereocenters. The highest BCUT2D eigenvalue weighted by atomic mass is 16.5. The largest absolute Gasteiger partial charge is 0.451 e. The van der Waals surface area contributed by atoms with Gasteiger partial charge in [0.2, 0.25) is 0 Å². The average Bonchev–Trinajstić information content (AvgIpc) is 3.42. The summed E-state index contributed by atoms with van der Waals surface area (Å²) >= 11 is 0. The van der Waals surface area contributed by atoms with Gasteiger partial charge in [-0.3, -0.25) is 19.3 Å². The zero-order valence-electron chi connectivity index (χ0n) is 14.7. The normalized spacial score (nSPS) is 23.4. The van der Waals surface area contributed by atoms with Gasteiger partial charge >= 0.3 is 12.0 Å². The molecule has 1 saturated heterocycles. The predicted octanol–water partition coefficient (Wildman–Crippen LogP) is 1.28. The lowest BCUT2D eigenvalue weighted by atomic mass is 9.96. The molecular weight excluding hydrogens is 338 g/mol. The fraction of sp³-hybridized carbons (Fsp3) is 0.444. The molecule has 2 fully saturated rings. The molecule has 0 unspecified atom stereocenters. The summed E-state index contributed by atoms with van der Waals surface area (Å²) in [6.07, 6.45) is 0.688. The molecule has 8 heteroatoms. The first-order valence-electron chi connectivity index (χ1n) is 8.51. The van der Waals surface area contributed by atoms with Crippen LogP contribution in [0.5, 0.6) is 0 Å². The van der Waals surface area contributed by atoms with Gasteiger partial charge in [-0.2, -0.15) is 0 Å². The summed E-state index contributed by atoms with van der Waals surface area (Å²) in [5.74, 6) is -1.63. The van der Waals surface area contributed by atoms with Crippen molar-refractivity contribution in [3.63, 3.8) is 0 Å². The van der Waals surface area contributed by atoms with E-state index in [4.69, 9.17) is 4.74 Å². The van der Waals surface area contributed by atoms with E-state index in [2.05, 4.69) is 10.6 Å². The number of nitrogens with zero attached hydrogens (tertiary/aromatic N) is 1. The summed E-state index contributed by atoms with van der Waals surface area (Å²) in [5, 5.41) is 5.28. The van der Waals surface area contributed by atoms with Crippen LogP contribution in [-0.2, 0) is 19.1 Å². The van der Waals surface area contributed by atoms with Crippen LogP contribution < -0.4 is 10.6 Å². The Labute approximate surface area is 150 Å². The highest BCUT2D eigenvalue weighted by molar-refractivity contribution is 6.09. The molecule has 1 heterocycles. The van der Waals surface area contributed by atoms with E-state index < -0.39 is 42.0 Å². The van der Waals surface area contributed by atoms with Gasteiger partial charge < -0.3 is 15.4 Å². The van der Waals surface area contributed by atoms with E-state index in [0.29, 0.717) is 5.69 Å². The topological polar surface area (TPSA) is 105 Å². The summed E-state index contributed by atoms with van der Waals surface area (Å²) in [7, 11) is 0. The average molecular weight is 359 g/mol. The van der Waals surface area contributed by atoms with Gasteiger partial charge in [-0.25, -0.2) is 4.79 Å². The summed E-state index contributed by atoms with van der Waals surface area (Å²) in [6.45, 7) is 2.58. The van der Waals surface area contributed by atoms with Crippen molar-refractivity contribution in [1.29, 1.82) is 0 Å². The number of imide groups is 1. The number of rotatable bonds is 6. The van der Waals surface area contributed by atoms with Crippen LogP contribution in [0.15, 0.2) is 30.3 Å². The van der Waals surface area contributed by atoms with Crippen LogP contribution in [0.2, 0.25) is 0 Å². The molecule has 1 aromatic rings. The van der Waals surface area contributed by atoms with E-state index in [1.807, 2.05) is 6.07 Å². The van der Waals surface area contributed by atoms with E-state index >= 15 is 0 Å². The maximum absolute atomic E-state index is 12.5. The molecule has 26 heavy (non-hydrogen) atoms. The number of carbonyl (C=O) groups is 4. The van der Waals surface area contributed by atoms with Gasteiger partial charge in [0.1, 0.15) is 12.1 Å². The Bertz CT molecular complexity index is 746. The number of amides is 4. The number of anilines is 1. The molecule has 1 aromatic carbocycles. The first-order valence-corrected chi connectivity index (χ1v) is 8.51. The van der Waals surface area contributed by atoms with Crippen LogP contribution in [0.1, 0.15) is 26.7 Å². The fourth-order valence-corrected chi connectivity index (χ4v) is 2.98. The number of benzene rings is 1. The van der Waals surface area contributed by atoms with Gasteiger partial charge in [0.05, 0.1) is 0 Å². The highest BCUT2D eigenvalue weighted by Gasteiger charge is 2.56. The van der Waals surface area contributed by atoms with Gasteiger partial charge in [-0.15, -0.1) is 0 Å². The van der Waals surface area contributed by atoms with Crippen molar-refractivity contribution in [3.8, 4) is 0 Å². The lowest BCUT2D eigenvalue weighted by Gasteiger charge is -2.21. The standard InChI is InChI=1S/C18H21N3O5/c1-11(15(23)19-13-6-4-3-5-7-13)26-14(22)10-21-16(24)18(2,12-8-9-12)20-17(21)25/h3-7,11-12H,8-10H2,1-2H3,(H,19,23)(H,20,25)/t11-,18-/m1/s1. The van der Waals surface area contributed by atoms with Crippen LogP contribution >= 0.6 is 0 Å². The van der Waals surface area contributed by atoms with Gasteiger partial charge in [-0.05, 0) is 44.7 Å². The minimum Gasteiger partial charge on any atom is -0.451 e. The molecule has 138 valence electrons. The number of carbonyl (C=O) groups excluding carboxylic acids is 4. The Balaban J connectivity index is 1.54. The quantitative estimate of drug-likeness (QED) is 0.588. The van der Waals surface area contributed by atoms with E-state index in [-0.39, 0.29) is 5.92 Å². The third-order valence-corrected chi connectivity index (χ3v) is 4.70. The lowest BCUT2D eigenvalue weighted by Crippen LogP contribution is -2.46. The van der Waals surface area contributed by atoms with Crippen molar-refractivity contribution in [2.45, 2.75) is 38.3 Å². The molecule has 1 saturated carbocycles. The maximum Gasteiger partial charge on any atom is 0.327 e. The zero-order valence-corrected chi connectivity index (χ0v) is 14.7. The molecule has 1 aliphatic heterocycles. The van der Waals surface area contributed by atoms with Crippen LogP contribution in [0.4, 0.5) is 10.5 Å². The number of urea groups is 1. The number of esters is 1. The number of para-hydroxylation sites is 1. The number of hydrogen-bond acceptors (Lipinski definition) is 5. The lowest BCUT2D eigenvalue weighted by molar-refractivity contribution is -0.155. The van der Waals surface area contributed by atoms with Gasteiger partial charge in [0.25, 0.3) is 11.8 Å². The van der Waals surface area contributed by atoms with E-state index in [1.165, 1.54) is 6.92 Å². The minimum absolute atomic E-state index is 0.107. The predicted molar refractivity (Wildman–Crippen MR) is 92.0 cm³/mol. The van der Waals surface area contributed by atoms with E-state index in [9.17, 15) is 19.2 Å². The smallest absolute Gasteiger partial charge is 0.327 e. The summed E-state index contributed by atoms with van der Waals surface area (Å²) in [4.78, 5) is 49.5. The highest BCUT2D eigenvalue weighted by Crippen LogP contribution is 2.42. The molecule has 2 N–H and O–H groups in total. The van der Waals surface area contributed by atoms with Crippen molar-refractivity contribution in [2.24, 2.45) is 5.92 Å². The van der Waals surface area contributed by atoms with Crippen molar-refractivity contribution in [2.75, 3.05) is 11.9 Å².